The average molecular weight is 277 g/mol. The monoisotopic (exact) mass is 277 g/mol. The SMILES string of the molecule is CC1CC2CC(C1)CC(C)(NC(=O)C1CCCCC1)C2. The van der Waals surface area contributed by atoms with Gasteiger partial charge in [-0.25, -0.2) is 0 Å². The molecule has 114 valence electrons. The van der Waals surface area contributed by atoms with Gasteiger partial charge in [0.15, 0.2) is 0 Å². The van der Waals surface area contributed by atoms with Gasteiger partial charge in [-0.3, -0.25) is 4.79 Å². The van der Waals surface area contributed by atoms with Crippen molar-refractivity contribution in [2.24, 2.45) is 23.7 Å². The Morgan fingerprint density at radius 3 is 2.20 bits per heavy atom. The summed E-state index contributed by atoms with van der Waals surface area (Å²) in [6.07, 6.45) is 12.7. The van der Waals surface area contributed by atoms with Crippen LogP contribution in [0.2, 0.25) is 0 Å². The fourth-order valence-electron chi connectivity index (χ4n) is 5.46. The Morgan fingerprint density at radius 1 is 1.00 bits per heavy atom. The topological polar surface area (TPSA) is 29.1 Å². The second-order valence-corrected chi connectivity index (χ2v) is 8.34. The first-order valence-corrected chi connectivity index (χ1v) is 8.86. The summed E-state index contributed by atoms with van der Waals surface area (Å²) in [6, 6.07) is 0. The number of nitrogens with one attached hydrogen (secondary N) is 1. The maximum Gasteiger partial charge on any atom is 0.223 e. The molecule has 0 radical (unpaired) electrons. The van der Waals surface area contributed by atoms with Crippen LogP contribution < -0.4 is 5.32 Å². The Bertz CT molecular complexity index is 340. The van der Waals surface area contributed by atoms with E-state index in [1.165, 1.54) is 51.4 Å². The van der Waals surface area contributed by atoms with Crippen LogP contribution in [0.15, 0.2) is 0 Å². The lowest BCUT2D eigenvalue weighted by molar-refractivity contribution is -0.128. The molecule has 1 amide bonds. The summed E-state index contributed by atoms with van der Waals surface area (Å²) in [5.41, 5.74) is 0.0856. The van der Waals surface area contributed by atoms with Crippen molar-refractivity contribution in [3.63, 3.8) is 0 Å². The first-order valence-electron chi connectivity index (χ1n) is 8.86. The fraction of sp³-hybridized carbons (Fsp3) is 0.944. The normalized spacial score (nSPS) is 42.2. The summed E-state index contributed by atoms with van der Waals surface area (Å²) < 4.78 is 0. The van der Waals surface area contributed by atoms with Gasteiger partial charge in [-0.05, 0) is 69.6 Å². The van der Waals surface area contributed by atoms with Gasteiger partial charge in [0.1, 0.15) is 0 Å². The highest BCUT2D eigenvalue weighted by molar-refractivity contribution is 5.79. The van der Waals surface area contributed by atoms with E-state index in [9.17, 15) is 4.79 Å². The Balaban J connectivity index is 1.60. The molecule has 3 aliphatic carbocycles. The summed E-state index contributed by atoms with van der Waals surface area (Å²) in [5.74, 6) is 3.28. The van der Waals surface area contributed by atoms with Crippen LogP contribution in [0.1, 0.15) is 78.1 Å². The minimum atomic E-state index is 0.0856. The predicted molar refractivity (Wildman–Crippen MR) is 82.4 cm³/mol. The number of carbonyl (C=O) groups excluding carboxylic acids is 1. The molecule has 3 rings (SSSR count). The van der Waals surface area contributed by atoms with Crippen LogP contribution in [0.25, 0.3) is 0 Å². The van der Waals surface area contributed by atoms with Gasteiger partial charge < -0.3 is 5.32 Å². The standard InChI is InChI=1S/C18H31NO/c1-13-8-14-10-15(9-13)12-18(2,11-14)19-17(20)16-6-4-3-5-7-16/h13-16H,3-12H2,1-2H3,(H,19,20). The maximum atomic E-state index is 12.5. The van der Waals surface area contributed by atoms with Crippen molar-refractivity contribution in [1.29, 1.82) is 0 Å². The third-order valence-electron chi connectivity index (χ3n) is 6.02. The first-order chi connectivity index (χ1) is 9.54. The number of carbonyl (C=O) groups is 1. The third-order valence-corrected chi connectivity index (χ3v) is 6.02. The molecule has 2 atom stereocenters. The summed E-state index contributed by atoms with van der Waals surface area (Å²) in [7, 11) is 0. The third kappa shape index (κ3) is 3.20. The van der Waals surface area contributed by atoms with Crippen molar-refractivity contribution in [1.82, 2.24) is 5.32 Å². The molecule has 3 aliphatic rings. The van der Waals surface area contributed by atoms with Crippen LogP contribution in [0.3, 0.4) is 0 Å². The predicted octanol–water partition coefficient (Wildman–Crippen LogP) is 4.29. The fourth-order valence-corrected chi connectivity index (χ4v) is 5.46. The van der Waals surface area contributed by atoms with E-state index in [1.807, 2.05) is 0 Å². The number of rotatable bonds is 2. The molecule has 3 saturated carbocycles. The smallest absolute Gasteiger partial charge is 0.223 e. The largest absolute Gasteiger partial charge is 0.351 e. The van der Waals surface area contributed by atoms with E-state index >= 15 is 0 Å². The second-order valence-electron chi connectivity index (χ2n) is 8.34. The molecule has 1 N–H and O–H groups in total. The highest BCUT2D eigenvalue weighted by Gasteiger charge is 2.42. The second kappa shape index (κ2) is 5.69. The summed E-state index contributed by atoms with van der Waals surface area (Å²) >= 11 is 0. The number of hydrogen-bond acceptors (Lipinski definition) is 1. The molecule has 0 spiro atoms. The molecule has 2 unspecified atom stereocenters. The lowest BCUT2D eigenvalue weighted by Crippen LogP contribution is -2.54. The van der Waals surface area contributed by atoms with Gasteiger partial charge in [0.25, 0.3) is 0 Å². The van der Waals surface area contributed by atoms with E-state index in [1.54, 1.807) is 0 Å². The van der Waals surface area contributed by atoms with E-state index in [0.29, 0.717) is 11.8 Å². The van der Waals surface area contributed by atoms with Crippen LogP contribution in [0, 0.1) is 23.7 Å². The Kier molecular flexibility index (Phi) is 4.10. The highest BCUT2D eigenvalue weighted by Crippen LogP contribution is 2.46. The summed E-state index contributed by atoms with van der Waals surface area (Å²) in [6.45, 7) is 4.71. The highest BCUT2D eigenvalue weighted by atomic mass is 16.2. The van der Waals surface area contributed by atoms with Crippen molar-refractivity contribution in [2.45, 2.75) is 83.6 Å². The van der Waals surface area contributed by atoms with Gasteiger partial charge in [0.2, 0.25) is 5.91 Å². The Hall–Kier alpha value is -0.530. The molecule has 0 aromatic carbocycles. The van der Waals surface area contributed by atoms with Gasteiger partial charge >= 0.3 is 0 Å². The molecule has 2 heteroatoms. The molecule has 0 heterocycles. The molecule has 20 heavy (non-hydrogen) atoms. The number of hydrogen-bond donors (Lipinski definition) is 1. The zero-order valence-corrected chi connectivity index (χ0v) is 13.3. The zero-order chi connectivity index (χ0) is 14.2. The van der Waals surface area contributed by atoms with Crippen molar-refractivity contribution in [3.8, 4) is 0 Å². The van der Waals surface area contributed by atoms with Crippen molar-refractivity contribution in [3.05, 3.63) is 0 Å². The van der Waals surface area contributed by atoms with Crippen LogP contribution in [-0.2, 0) is 4.79 Å². The molecule has 0 saturated heterocycles. The summed E-state index contributed by atoms with van der Waals surface area (Å²) in [4.78, 5) is 12.5. The van der Waals surface area contributed by atoms with Gasteiger partial charge in [-0.15, -0.1) is 0 Å². The van der Waals surface area contributed by atoms with E-state index in [4.69, 9.17) is 0 Å². The van der Waals surface area contributed by atoms with Gasteiger partial charge in [-0.1, -0.05) is 26.2 Å². The van der Waals surface area contributed by atoms with E-state index in [-0.39, 0.29) is 5.54 Å². The van der Waals surface area contributed by atoms with E-state index in [2.05, 4.69) is 19.2 Å². The van der Waals surface area contributed by atoms with Crippen molar-refractivity contribution < 1.29 is 4.79 Å². The lowest BCUT2D eigenvalue weighted by atomic mass is 9.62. The molecular weight excluding hydrogens is 246 g/mol. The molecule has 0 aliphatic heterocycles. The summed E-state index contributed by atoms with van der Waals surface area (Å²) in [5, 5.41) is 3.47. The lowest BCUT2D eigenvalue weighted by Gasteiger charge is -2.48. The maximum absolute atomic E-state index is 12.5. The zero-order valence-electron chi connectivity index (χ0n) is 13.3. The Labute approximate surface area is 124 Å². The van der Waals surface area contributed by atoms with Crippen LogP contribution in [0.5, 0.6) is 0 Å². The average Bonchev–Trinajstić information content (AvgIpc) is 2.37. The van der Waals surface area contributed by atoms with Gasteiger partial charge in [0, 0.05) is 11.5 Å². The van der Waals surface area contributed by atoms with Crippen molar-refractivity contribution in [2.75, 3.05) is 0 Å². The van der Waals surface area contributed by atoms with Crippen LogP contribution in [0.4, 0.5) is 0 Å². The number of fused-ring (bicyclic) bond motifs is 2. The quantitative estimate of drug-likeness (QED) is 0.801. The van der Waals surface area contributed by atoms with Crippen molar-refractivity contribution >= 4 is 5.91 Å². The molecule has 0 aromatic heterocycles. The molecule has 3 fully saturated rings. The van der Waals surface area contributed by atoms with E-state index < -0.39 is 0 Å². The number of amides is 1. The van der Waals surface area contributed by atoms with Crippen LogP contribution in [-0.4, -0.2) is 11.4 Å². The van der Waals surface area contributed by atoms with Gasteiger partial charge in [0.05, 0.1) is 0 Å². The van der Waals surface area contributed by atoms with Gasteiger partial charge in [-0.2, -0.15) is 0 Å². The molecule has 2 nitrogen and oxygen atoms in total. The first kappa shape index (κ1) is 14.4. The van der Waals surface area contributed by atoms with E-state index in [0.717, 1.165) is 30.6 Å². The Morgan fingerprint density at radius 2 is 1.60 bits per heavy atom. The van der Waals surface area contributed by atoms with Crippen LogP contribution >= 0.6 is 0 Å². The molecule has 2 bridgehead atoms. The molecular formula is C18H31NO. The molecule has 0 aromatic rings. The minimum Gasteiger partial charge on any atom is -0.351 e. The minimum absolute atomic E-state index is 0.0856.